The van der Waals surface area contributed by atoms with Crippen molar-refractivity contribution in [2.45, 2.75) is 6.92 Å². The van der Waals surface area contributed by atoms with Crippen LogP contribution in [-0.2, 0) is 9.53 Å². The minimum atomic E-state index is -0.480. The van der Waals surface area contributed by atoms with Gasteiger partial charge in [0.25, 0.3) is 0 Å². The van der Waals surface area contributed by atoms with Crippen molar-refractivity contribution >= 4 is 29.2 Å². The number of nitrogens with one attached hydrogen (secondary N) is 1. The highest BCUT2D eigenvalue weighted by molar-refractivity contribution is 6.30. The standard InChI is InChI=1S/C17H16ClNO4/c1-12(20)19-15-6-2-4-13(10-15)17(21)23-9-8-22-16-7-3-5-14(18)11-16/h2-7,10-11H,8-9H2,1H3,(H,19,20). The van der Waals surface area contributed by atoms with Crippen LogP contribution in [0.3, 0.4) is 0 Å². The Morgan fingerprint density at radius 2 is 1.87 bits per heavy atom. The van der Waals surface area contributed by atoms with Crippen molar-refractivity contribution in [1.29, 1.82) is 0 Å². The highest BCUT2D eigenvalue weighted by Gasteiger charge is 2.08. The third kappa shape index (κ3) is 5.64. The second-order valence-electron chi connectivity index (χ2n) is 4.70. The van der Waals surface area contributed by atoms with Gasteiger partial charge in [-0.2, -0.15) is 0 Å². The first-order valence-electron chi connectivity index (χ1n) is 6.98. The molecular weight excluding hydrogens is 318 g/mol. The Morgan fingerprint density at radius 1 is 1.09 bits per heavy atom. The van der Waals surface area contributed by atoms with E-state index in [9.17, 15) is 9.59 Å². The third-order valence-corrected chi connectivity index (χ3v) is 3.04. The molecule has 5 nitrogen and oxygen atoms in total. The number of halogens is 1. The van der Waals surface area contributed by atoms with Crippen LogP contribution in [0.4, 0.5) is 5.69 Å². The molecule has 0 aliphatic heterocycles. The van der Waals surface area contributed by atoms with Crippen LogP contribution < -0.4 is 10.1 Å². The van der Waals surface area contributed by atoms with E-state index in [4.69, 9.17) is 21.1 Å². The number of ether oxygens (including phenoxy) is 2. The zero-order valence-electron chi connectivity index (χ0n) is 12.5. The molecule has 0 saturated carbocycles. The lowest BCUT2D eigenvalue weighted by Crippen LogP contribution is -2.13. The molecule has 0 radical (unpaired) electrons. The predicted octanol–water partition coefficient (Wildman–Crippen LogP) is 3.53. The van der Waals surface area contributed by atoms with Crippen molar-refractivity contribution in [3.8, 4) is 5.75 Å². The highest BCUT2D eigenvalue weighted by Crippen LogP contribution is 2.17. The normalized spacial score (nSPS) is 10.0. The fourth-order valence-corrected chi connectivity index (χ4v) is 2.04. The highest BCUT2D eigenvalue weighted by atomic mass is 35.5. The van der Waals surface area contributed by atoms with Crippen LogP contribution >= 0.6 is 11.6 Å². The van der Waals surface area contributed by atoms with E-state index in [1.165, 1.54) is 6.92 Å². The van der Waals surface area contributed by atoms with Gasteiger partial charge in [0, 0.05) is 17.6 Å². The summed E-state index contributed by atoms with van der Waals surface area (Å²) in [4.78, 5) is 22.9. The average molecular weight is 334 g/mol. The molecule has 23 heavy (non-hydrogen) atoms. The van der Waals surface area contributed by atoms with E-state index in [1.807, 2.05) is 0 Å². The van der Waals surface area contributed by atoms with Crippen LogP contribution in [0.5, 0.6) is 5.75 Å². The van der Waals surface area contributed by atoms with Crippen LogP contribution in [0.1, 0.15) is 17.3 Å². The lowest BCUT2D eigenvalue weighted by molar-refractivity contribution is -0.114. The largest absolute Gasteiger partial charge is 0.490 e. The van der Waals surface area contributed by atoms with Gasteiger partial charge in [-0.05, 0) is 36.4 Å². The number of amides is 1. The van der Waals surface area contributed by atoms with Crippen molar-refractivity contribution in [2.24, 2.45) is 0 Å². The summed E-state index contributed by atoms with van der Waals surface area (Å²) in [5.74, 6) is -0.0708. The Labute approximate surface area is 139 Å². The van der Waals surface area contributed by atoms with Gasteiger partial charge in [-0.1, -0.05) is 23.7 Å². The minimum Gasteiger partial charge on any atom is -0.490 e. The zero-order chi connectivity index (χ0) is 16.7. The summed E-state index contributed by atoms with van der Waals surface area (Å²) in [6.07, 6.45) is 0. The first-order valence-corrected chi connectivity index (χ1v) is 7.35. The smallest absolute Gasteiger partial charge is 0.338 e. The Bertz CT molecular complexity index is 702. The van der Waals surface area contributed by atoms with Gasteiger partial charge in [0.1, 0.15) is 19.0 Å². The number of rotatable bonds is 6. The Morgan fingerprint density at radius 3 is 2.61 bits per heavy atom. The summed E-state index contributed by atoms with van der Waals surface area (Å²) >= 11 is 5.84. The number of hydrogen-bond acceptors (Lipinski definition) is 4. The molecule has 6 heteroatoms. The van der Waals surface area contributed by atoms with Crippen molar-refractivity contribution in [2.75, 3.05) is 18.5 Å². The van der Waals surface area contributed by atoms with Gasteiger partial charge in [0.05, 0.1) is 5.56 Å². The first kappa shape index (κ1) is 16.8. The molecule has 0 bridgehead atoms. The van der Waals surface area contributed by atoms with Crippen LogP contribution in [-0.4, -0.2) is 25.1 Å². The van der Waals surface area contributed by atoms with Gasteiger partial charge in [0.15, 0.2) is 0 Å². The molecule has 1 N–H and O–H groups in total. The molecule has 0 spiro atoms. The second kappa shape index (κ2) is 8.19. The van der Waals surface area contributed by atoms with Gasteiger partial charge >= 0.3 is 5.97 Å². The fourth-order valence-electron chi connectivity index (χ4n) is 1.86. The molecular formula is C17H16ClNO4. The molecule has 120 valence electrons. The second-order valence-corrected chi connectivity index (χ2v) is 5.14. The van der Waals surface area contributed by atoms with E-state index >= 15 is 0 Å². The van der Waals surface area contributed by atoms with Crippen molar-refractivity contribution in [3.05, 3.63) is 59.1 Å². The molecule has 0 atom stereocenters. The van der Waals surface area contributed by atoms with E-state index < -0.39 is 5.97 Å². The molecule has 2 aromatic rings. The Hall–Kier alpha value is -2.53. The quantitative estimate of drug-likeness (QED) is 0.648. The maximum atomic E-state index is 11.9. The van der Waals surface area contributed by atoms with Crippen LogP contribution in [0.2, 0.25) is 5.02 Å². The first-order chi connectivity index (χ1) is 11.0. The van der Waals surface area contributed by atoms with Crippen LogP contribution in [0, 0.1) is 0 Å². The Kier molecular flexibility index (Phi) is 6.00. The van der Waals surface area contributed by atoms with E-state index in [1.54, 1.807) is 48.5 Å². The van der Waals surface area contributed by atoms with Crippen LogP contribution in [0.15, 0.2) is 48.5 Å². The van der Waals surface area contributed by atoms with Gasteiger partial charge in [-0.15, -0.1) is 0 Å². The number of esters is 1. The van der Waals surface area contributed by atoms with Gasteiger partial charge < -0.3 is 14.8 Å². The van der Waals surface area contributed by atoms with Crippen molar-refractivity contribution in [3.63, 3.8) is 0 Å². The lowest BCUT2D eigenvalue weighted by atomic mass is 10.2. The molecule has 0 aromatic heterocycles. The molecule has 0 aliphatic carbocycles. The molecule has 0 heterocycles. The van der Waals surface area contributed by atoms with Crippen molar-refractivity contribution in [1.82, 2.24) is 0 Å². The van der Waals surface area contributed by atoms with Gasteiger partial charge in [-0.3, -0.25) is 4.79 Å². The van der Waals surface area contributed by atoms with Gasteiger partial charge in [0.2, 0.25) is 5.91 Å². The summed E-state index contributed by atoms with van der Waals surface area (Å²) in [5, 5.41) is 3.19. The van der Waals surface area contributed by atoms with Gasteiger partial charge in [-0.25, -0.2) is 4.79 Å². The molecule has 2 aromatic carbocycles. The number of anilines is 1. The summed E-state index contributed by atoms with van der Waals surface area (Å²) in [5.41, 5.74) is 0.904. The SMILES string of the molecule is CC(=O)Nc1cccc(C(=O)OCCOc2cccc(Cl)c2)c1. The summed E-state index contributed by atoms with van der Waals surface area (Å²) < 4.78 is 10.6. The van der Waals surface area contributed by atoms with Crippen molar-refractivity contribution < 1.29 is 19.1 Å². The maximum absolute atomic E-state index is 11.9. The summed E-state index contributed by atoms with van der Waals surface area (Å²) in [7, 11) is 0. The van der Waals surface area contributed by atoms with Crippen LogP contribution in [0.25, 0.3) is 0 Å². The molecule has 0 aliphatic rings. The Balaban J connectivity index is 1.81. The number of hydrogen-bond donors (Lipinski definition) is 1. The molecule has 0 saturated heterocycles. The fraction of sp³-hybridized carbons (Fsp3) is 0.176. The summed E-state index contributed by atoms with van der Waals surface area (Å²) in [6.45, 7) is 1.73. The molecule has 0 unspecified atom stereocenters. The zero-order valence-corrected chi connectivity index (χ0v) is 13.3. The van der Waals surface area contributed by atoms with E-state index in [2.05, 4.69) is 5.32 Å². The topological polar surface area (TPSA) is 64.6 Å². The minimum absolute atomic E-state index is 0.107. The van der Waals surface area contributed by atoms with E-state index in [0.29, 0.717) is 22.0 Å². The lowest BCUT2D eigenvalue weighted by Gasteiger charge is -2.08. The maximum Gasteiger partial charge on any atom is 0.338 e. The third-order valence-electron chi connectivity index (χ3n) is 2.80. The monoisotopic (exact) mass is 333 g/mol. The molecule has 1 amide bonds. The summed E-state index contributed by atoms with van der Waals surface area (Å²) in [6, 6.07) is 13.5. The van der Waals surface area contributed by atoms with E-state index in [0.717, 1.165) is 0 Å². The number of carbonyl (C=O) groups is 2. The molecule has 0 fully saturated rings. The van der Waals surface area contributed by atoms with E-state index in [-0.39, 0.29) is 19.1 Å². The average Bonchev–Trinajstić information content (AvgIpc) is 2.51. The predicted molar refractivity (Wildman–Crippen MR) is 88.0 cm³/mol. The number of benzene rings is 2. The number of carbonyl (C=O) groups excluding carboxylic acids is 2. The molecule has 2 rings (SSSR count).